The zero-order valence-corrected chi connectivity index (χ0v) is 12.6. The molecule has 0 radical (unpaired) electrons. The van der Waals surface area contributed by atoms with Gasteiger partial charge in [-0.1, -0.05) is 25.3 Å². The molecule has 2 unspecified atom stereocenters. The summed E-state index contributed by atoms with van der Waals surface area (Å²) in [7, 11) is 0. The summed E-state index contributed by atoms with van der Waals surface area (Å²) in [5.41, 5.74) is 8.20. The molecule has 0 bridgehead atoms. The lowest BCUT2D eigenvalue weighted by molar-refractivity contribution is 0.202. The first-order valence-electron chi connectivity index (χ1n) is 8.18. The average molecular weight is 273 g/mol. The third kappa shape index (κ3) is 2.83. The van der Waals surface area contributed by atoms with Crippen molar-refractivity contribution in [1.82, 2.24) is 4.98 Å². The Labute approximate surface area is 122 Å². The minimum absolute atomic E-state index is 0.702. The van der Waals surface area contributed by atoms with Gasteiger partial charge >= 0.3 is 0 Å². The number of nitrogens with zero attached hydrogens (tertiary/aromatic N) is 2. The van der Waals surface area contributed by atoms with Gasteiger partial charge in [0.05, 0.1) is 0 Å². The standard InChI is InChI=1S/C17H27N3/c1-13-10-14(6-8-18)11-19-17(13)20-9-7-15-4-2-3-5-16(15)12-20/h10-11,15-16H,2-9,12,18H2,1H3. The molecule has 3 rings (SSSR count). The summed E-state index contributed by atoms with van der Waals surface area (Å²) in [4.78, 5) is 7.25. The number of anilines is 1. The van der Waals surface area contributed by atoms with Crippen molar-refractivity contribution in [3.8, 4) is 0 Å². The Kier molecular flexibility index (Phi) is 4.25. The molecule has 3 heteroatoms. The number of pyridine rings is 1. The monoisotopic (exact) mass is 273 g/mol. The van der Waals surface area contributed by atoms with Crippen LogP contribution in [-0.4, -0.2) is 24.6 Å². The van der Waals surface area contributed by atoms with Crippen LogP contribution in [0.15, 0.2) is 12.3 Å². The summed E-state index contributed by atoms with van der Waals surface area (Å²) in [6, 6.07) is 2.27. The summed E-state index contributed by atoms with van der Waals surface area (Å²) in [5, 5.41) is 0. The fourth-order valence-corrected chi connectivity index (χ4v) is 4.05. The molecule has 2 N–H and O–H groups in total. The van der Waals surface area contributed by atoms with Gasteiger partial charge in [0, 0.05) is 19.3 Å². The third-order valence-electron chi connectivity index (χ3n) is 5.13. The second-order valence-electron chi connectivity index (χ2n) is 6.56. The van der Waals surface area contributed by atoms with Gasteiger partial charge in [-0.15, -0.1) is 0 Å². The zero-order chi connectivity index (χ0) is 13.9. The minimum atomic E-state index is 0.702. The predicted molar refractivity (Wildman–Crippen MR) is 84.0 cm³/mol. The Morgan fingerprint density at radius 3 is 2.80 bits per heavy atom. The lowest BCUT2D eigenvalue weighted by Crippen LogP contribution is -2.42. The number of aryl methyl sites for hydroxylation is 1. The van der Waals surface area contributed by atoms with E-state index in [0.29, 0.717) is 6.54 Å². The van der Waals surface area contributed by atoms with E-state index in [2.05, 4.69) is 17.9 Å². The molecular formula is C17H27N3. The second kappa shape index (κ2) is 6.13. The lowest BCUT2D eigenvalue weighted by atomic mass is 9.75. The number of nitrogens with two attached hydrogens (primary N) is 1. The largest absolute Gasteiger partial charge is 0.356 e. The van der Waals surface area contributed by atoms with E-state index in [-0.39, 0.29) is 0 Å². The molecule has 2 aliphatic rings. The van der Waals surface area contributed by atoms with Crippen LogP contribution in [0.5, 0.6) is 0 Å². The molecule has 110 valence electrons. The van der Waals surface area contributed by atoms with Gasteiger partial charge in [-0.25, -0.2) is 4.98 Å². The first-order valence-corrected chi connectivity index (χ1v) is 8.18. The third-order valence-corrected chi connectivity index (χ3v) is 5.13. The van der Waals surface area contributed by atoms with E-state index >= 15 is 0 Å². The number of rotatable bonds is 3. The second-order valence-corrected chi connectivity index (χ2v) is 6.56. The molecule has 1 saturated carbocycles. The van der Waals surface area contributed by atoms with Crippen LogP contribution in [0.25, 0.3) is 0 Å². The maximum atomic E-state index is 5.63. The molecule has 2 fully saturated rings. The first-order chi connectivity index (χ1) is 9.78. The summed E-state index contributed by atoms with van der Waals surface area (Å²) >= 11 is 0. The SMILES string of the molecule is Cc1cc(CCN)cnc1N1CCC2CCCCC2C1. The number of piperidine rings is 1. The normalized spacial score (nSPS) is 26.4. The molecule has 1 aliphatic carbocycles. The molecule has 0 aromatic carbocycles. The van der Waals surface area contributed by atoms with Gasteiger partial charge in [0.2, 0.25) is 0 Å². The van der Waals surface area contributed by atoms with Crippen molar-refractivity contribution < 1.29 is 0 Å². The molecule has 20 heavy (non-hydrogen) atoms. The van der Waals surface area contributed by atoms with Crippen LogP contribution in [0.3, 0.4) is 0 Å². The van der Waals surface area contributed by atoms with E-state index in [9.17, 15) is 0 Å². The molecule has 1 saturated heterocycles. The maximum absolute atomic E-state index is 5.63. The van der Waals surface area contributed by atoms with Crippen molar-refractivity contribution in [2.45, 2.75) is 45.4 Å². The van der Waals surface area contributed by atoms with E-state index in [1.807, 2.05) is 6.20 Å². The van der Waals surface area contributed by atoms with Crippen molar-refractivity contribution in [2.75, 3.05) is 24.5 Å². The minimum Gasteiger partial charge on any atom is -0.356 e. The Hall–Kier alpha value is -1.09. The first kappa shape index (κ1) is 13.9. The van der Waals surface area contributed by atoms with Crippen LogP contribution >= 0.6 is 0 Å². The summed E-state index contributed by atoms with van der Waals surface area (Å²) in [6.07, 6.45) is 10.1. The fourth-order valence-electron chi connectivity index (χ4n) is 4.05. The van der Waals surface area contributed by atoms with Crippen molar-refractivity contribution in [1.29, 1.82) is 0 Å². The average Bonchev–Trinajstić information content (AvgIpc) is 2.47. The highest BCUT2D eigenvalue weighted by molar-refractivity contribution is 5.48. The maximum Gasteiger partial charge on any atom is 0.131 e. The summed E-state index contributed by atoms with van der Waals surface area (Å²) in [6.45, 7) is 5.29. The molecule has 2 heterocycles. The van der Waals surface area contributed by atoms with Crippen LogP contribution < -0.4 is 10.6 Å². The van der Waals surface area contributed by atoms with Gasteiger partial charge in [0.1, 0.15) is 5.82 Å². The Balaban J connectivity index is 1.72. The molecule has 1 aromatic heterocycles. The zero-order valence-electron chi connectivity index (χ0n) is 12.6. The van der Waals surface area contributed by atoms with Crippen molar-refractivity contribution in [3.05, 3.63) is 23.4 Å². The molecule has 1 aromatic rings. The van der Waals surface area contributed by atoms with E-state index in [1.165, 1.54) is 62.1 Å². The molecular weight excluding hydrogens is 246 g/mol. The lowest BCUT2D eigenvalue weighted by Gasteiger charge is -2.42. The van der Waals surface area contributed by atoms with Crippen LogP contribution in [0.1, 0.15) is 43.2 Å². The number of hydrogen-bond donors (Lipinski definition) is 1. The quantitative estimate of drug-likeness (QED) is 0.920. The number of fused-ring (bicyclic) bond motifs is 1. The smallest absolute Gasteiger partial charge is 0.131 e. The highest BCUT2D eigenvalue weighted by Crippen LogP contribution is 2.37. The van der Waals surface area contributed by atoms with Gasteiger partial charge in [-0.05, 0) is 55.7 Å². The van der Waals surface area contributed by atoms with E-state index in [1.54, 1.807) is 0 Å². The molecule has 0 amide bonds. The Bertz CT molecular complexity index is 458. The van der Waals surface area contributed by atoms with Crippen LogP contribution in [0.2, 0.25) is 0 Å². The van der Waals surface area contributed by atoms with Gasteiger partial charge in [0.15, 0.2) is 0 Å². The van der Waals surface area contributed by atoms with E-state index in [0.717, 1.165) is 18.3 Å². The number of hydrogen-bond acceptors (Lipinski definition) is 3. The van der Waals surface area contributed by atoms with E-state index < -0.39 is 0 Å². The molecule has 1 aliphatic heterocycles. The summed E-state index contributed by atoms with van der Waals surface area (Å²) in [5.74, 6) is 3.09. The molecule has 0 spiro atoms. The fraction of sp³-hybridized carbons (Fsp3) is 0.706. The van der Waals surface area contributed by atoms with Gasteiger partial charge in [0.25, 0.3) is 0 Å². The van der Waals surface area contributed by atoms with Gasteiger partial charge in [-0.3, -0.25) is 0 Å². The van der Waals surface area contributed by atoms with Crippen LogP contribution in [-0.2, 0) is 6.42 Å². The van der Waals surface area contributed by atoms with Crippen molar-refractivity contribution >= 4 is 5.82 Å². The van der Waals surface area contributed by atoms with E-state index in [4.69, 9.17) is 10.7 Å². The Morgan fingerprint density at radius 2 is 2.05 bits per heavy atom. The van der Waals surface area contributed by atoms with Crippen LogP contribution in [0.4, 0.5) is 5.82 Å². The Morgan fingerprint density at radius 1 is 1.25 bits per heavy atom. The topological polar surface area (TPSA) is 42.1 Å². The van der Waals surface area contributed by atoms with Gasteiger partial charge < -0.3 is 10.6 Å². The van der Waals surface area contributed by atoms with Crippen LogP contribution in [0, 0.1) is 18.8 Å². The van der Waals surface area contributed by atoms with Gasteiger partial charge in [-0.2, -0.15) is 0 Å². The van der Waals surface area contributed by atoms with Crippen molar-refractivity contribution in [3.63, 3.8) is 0 Å². The predicted octanol–water partition coefficient (Wildman–Crippen LogP) is 2.91. The molecule has 2 atom stereocenters. The number of aromatic nitrogens is 1. The molecule has 3 nitrogen and oxygen atoms in total. The highest BCUT2D eigenvalue weighted by atomic mass is 15.2. The van der Waals surface area contributed by atoms with Crippen molar-refractivity contribution in [2.24, 2.45) is 17.6 Å². The summed E-state index contributed by atoms with van der Waals surface area (Å²) < 4.78 is 0. The highest BCUT2D eigenvalue weighted by Gasteiger charge is 2.31.